The van der Waals surface area contributed by atoms with Crippen molar-refractivity contribution < 1.29 is 4.79 Å². The van der Waals surface area contributed by atoms with E-state index in [9.17, 15) is 4.79 Å². The van der Waals surface area contributed by atoms with Crippen molar-refractivity contribution in [1.29, 1.82) is 0 Å². The molecule has 1 N–H and O–H groups in total. The Hall–Kier alpha value is -2.09. The fourth-order valence-electron chi connectivity index (χ4n) is 2.16. The van der Waals surface area contributed by atoms with Gasteiger partial charge in [0.15, 0.2) is 0 Å². The third-order valence-electron chi connectivity index (χ3n) is 3.67. The second-order valence-electron chi connectivity index (χ2n) is 5.30. The van der Waals surface area contributed by atoms with Crippen LogP contribution in [0.15, 0.2) is 42.5 Å². The molecule has 2 rings (SSSR count). The van der Waals surface area contributed by atoms with E-state index in [4.69, 9.17) is 0 Å². The first-order valence-corrected chi connectivity index (χ1v) is 6.93. The number of hydrogen-bond acceptors (Lipinski definition) is 1. The maximum absolute atomic E-state index is 12.0. The normalized spacial score (nSPS) is 10.3. The largest absolute Gasteiger partial charge is 0.352 e. The van der Waals surface area contributed by atoms with Crippen LogP contribution in [0, 0.1) is 20.8 Å². The van der Waals surface area contributed by atoms with E-state index in [0.717, 1.165) is 5.56 Å². The molecule has 0 fully saturated rings. The predicted molar refractivity (Wildman–Crippen MR) is 82.6 cm³/mol. The monoisotopic (exact) mass is 267 g/mol. The number of hydrogen-bond donors (Lipinski definition) is 1. The van der Waals surface area contributed by atoms with Crippen molar-refractivity contribution in [3.05, 3.63) is 70.3 Å². The van der Waals surface area contributed by atoms with Crippen molar-refractivity contribution in [3.8, 4) is 0 Å². The van der Waals surface area contributed by atoms with Gasteiger partial charge in [0.05, 0.1) is 6.42 Å². The van der Waals surface area contributed by atoms with Gasteiger partial charge >= 0.3 is 0 Å². The SMILES string of the molecule is Cc1ccc(CC(=O)NCc2ccccc2C)cc1C. The average Bonchev–Trinajstić information content (AvgIpc) is 2.42. The Morgan fingerprint density at radius 2 is 1.70 bits per heavy atom. The summed E-state index contributed by atoms with van der Waals surface area (Å²) >= 11 is 0. The van der Waals surface area contributed by atoms with Crippen LogP contribution in [0.3, 0.4) is 0 Å². The zero-order chi connectivity index (χ0) is 14.5. The topological polar surface area (TPSA) is 29.1 Å². The number of amides is 1. The van der Waals surface area contributed by atoms with E-state index < -0.39 is 0 Å². The Morgan fingerprint density at radius 1 is 0.950 bits per heavy atom. The van der Waals surface area contributed by atoms with Crippen LogP contribution in [0.1, 0.15) is 27.8 Å². The molecule has 0 aliphatic heterocycles. The Balaban J connectivity index is 1.93. The number of benzene rings is 2. The highest BCUT2D eigenvalue weighted by Crippen LogP contribution is 2.11. The maximum Gasteiger partial charge on any atom is 0.224 e. The van der Waals surface area contributed by atoms with Crippen LogP contribution >= 0.6 is 0 Å². The summed E-state index contributed by atoms with van der Waals surface area (Å²) in [6.45, 7) is 6.81. The first-order valence-electron chi connectivity index (χ1n) is 6.93. The summed E-state index contributed by atoms with van der Waals surface area (Å²) in [6, 6.07) is 14.3. The molecule has 104 valence electrons. The van der Waals surface area contributed by atoms with Crippen molar-refractivity contribution in [2.24, 2.45) is 0 Å². The van der Waals surface area contributed by atoms with Gasteiger partial charge in [-0.15, -0.1) is 0 Å². The molecule has 2 aromatic carbocycles. The van der Waals surface area contributed by atoms with E-state index in [1.54, 1.807) is 0 Å². The van der Waals surface area contributed by atoms with Crippen molar-refractivity contribution in [1.82, 2.24) is 5.32 Å². The molecule has 0 heterocycles. The molecule has 0 aliphatic rings. The smallest absolute Gasteiger partial charge is 0.224 e. The molecular weight excluding hydrogens is 246 g/mol. The molecule has 0 saturated carbocycles. The lowest BCUT2D eigenvalue weighted by Crippen LogP contribution is -2.24. The van der Waals surface area contributed by atoms with Crippen molar-refractivity contribution in [3.63, 3.8) is 0 Å². The number of carbonyl (C=O) groups excluding carboxylic acids is 1. The number of nitrogens with one attached hydrogen (secondary N) is 1. The minimum Gasteiger partial charge on any atom is -0.352 e. The van der Waals surface area contributed by atoms with Crippen LogP contribution in [0.25, 0.3) is 0 Å². The zero-order valence-corrected chi connectivity index (χ0v) is 12.4. The van der Waals surface area contributed by atoms with Gasteiger partial charge in [0.2, 0.25) is 5.91 Å². The molecule has 0 saturated heterocycles. The van der Waals surface area contributed by atoms with Gasteiger partial charge in [-0.1, -0.05) is 42.5 Å². The minimum absolute atomic E-state index is 0.0662. The second-order valence-corrected chi connectivity index (χ2v) is 5.30. The van der Waals surface area contributed by atoms with Gasteiger partial charge in [-0.2, -0.15) is 0 Å². The van der Waals surface area contributed by atoms with Gasteiger partial charge in [0, 0.05) is 6.54 Å². The summed E-state index contributed by atoms with van der Waals surface area (Å²) in [4.78, 5) is 12.0. The van der Waals surface area contributed by atoms with Gasteiger partial charge in [0.25, 0.3) is 0 Å². The number of carbonyl (C=O) groups is 1. The van der Waals surface area contributed by atoms with Gasteiger partial charge in [-0.05, 0) is 48.6 Å². The average molecular weight is 267 g/mol. The summed E-state index contributed by atoms with van der Waals surface area (Å²) in [5.41, 5.74) is 5.93. The molecule has 2 aromatic rings. The molecule has 1 amide bonds. The van der Waals surface area contributed by atoms with Crippen LogP contribution in [-0.2, 0) is 17.8 Å². The van der Waals surface area contributed by atoms with Crippen LogP contribution in [0.4, 0.5) is 0 Å². The summed E-state index contributed by atoms with van der Waals surface area (Å²) in [5, 5.41) is 2.98. The fourth-order valence-corrected chi connectivity index (χ4v) is 2.16. The third kappa shape index (κ3) is 3.70. The second kappa shape index (κ2) is 6.38. The van der Waals surface area contributed by atoms with Crippen molar-refractivity contribution in [2.75, 3.05) is 0 Å². The molecule has 0 bridgehead atoms. The first kappa shape index (κ1) is 14.3. The highest BCUT2D eigenvalue weighted by atomic mass is 16.1. The van der Waals surface area contributed by atoms with E-state index in [-0.39, 0.29) is 5.91 Å². The Labute approximate surface area is 120 Å². The van der Waals surface area contributed by atoms with Gasteiger partial charge in [-0.3, -0.25) is 4.79 Å². The molecule has 0 unspecified atom stereocenters. The molecule has 0 aliphatic carbocycles. The van der Waals surface area contributed by atoms with Crippen LogP contribution in [0.5, 0.6) is 0 Å². The standard InChI is InChI=1S/C18H21NO/c1-13-8-9-16(10-15(13)3)11-18(20)19-12-17-7-5-4-6-14(17)2/h4-10H,11-12H2,1-3H3,(H,19,20). The highest BCUT2D eigenvalue weighted by molar-refractivity contribution is 5.78. The lowest BCUT2D eigenvalue weighted by molar-refractivity contribution is -0.120. The van der Waals surface area contributed by atoms with Crippen LogP contribution < -0.4 is 5.32 Å². The number of aryl methyl sites for hydroxylation is 3. The van der Waals surface area contributed by atoms with Crippen molar-refractivity contribution >= 4 is 5.91 Å². The van der Waals surface area contributed by atoms with Crippen LogP contribution in [0.2, 0.25) is 0 Å². The van der Waals surface area contributed by atoms with E-state index in [2.05, 4.69) is 44.3 Å². The molecule has 0 spiro atoms. The summed E-state index contributed by atoms with van der Waals surface area (Å²) < 4.78 is 0. The van der Waals surface area contributed by atoms with Gasteiger partial charge in [0.1, 0.15) is 0 Å². The Kier molecular flexibility index (Phi) is 4.57. The van der Waals surface area contributed by atoms with E-state index in [1.807, 2.05) is 24.3 Å². The maximum atomic E-state index is 12.0. The predicted octanol–water partition coefficient (Wildman–Crippen LogP) is 3.47. The quantitative estimate of drug-likeness (QED) is 0.903. The fraction of sp³-hybridized carbons (Fsp3) is 0.278. The van der Waals surface area contributed by atoms with Gasteiger partial charge < -0.3 is 5.32 Å². The molecule has 0 radical (unpaired) electrons. The van der Waals surface area contributed by atoms with Crippen LogP contribution in [-0.4, -0.2) is 5.91 Å². The lowest BCUT2D eigenvalue weighted by Gasteiger charge is -2.09. The summed E-state index contributed by atoms with van der Waals surface area (Å²) in [6.07, 6.45) is 0.438. The van der Waals surface area contributed by atoms with E-state index >= 15 is 0 Å². The highest BCUT2D eigenvalue weighted by Gasteiger charge is 2.05. The Bertz CT molecular complexity index is 617. The molecular formula is C18H21NO. The molecule has 0 atom stereocenters. The summed E-state index contributed by atoms with van der Waals surface area (Å²) in [5.74, 6) is 0.0662. The lowest BCUT2D eigenvalue weighted by atomic mass is 10.0. The molecule has 20 heavy (non-hydrogen) atoms. The van der Waals surface area contributed by atoms with Crippen molar-refractivity contribution in [2.45, 2.75) is 33.7 Å². The Morgan fingerprint density at radius 3 is 2.40 bits per heavy atom. The first-order chi connectivity index (χ1) is 9.56. The minimum atomic E-state index is 0.0662. The van der Waals surface area contributed by atoms with E-state index in [1.165, 1.54) is 22.3 Å². The zero-order valence-electron chi connectivity index (χ0n) is 12.4. The van der Waals surface area contributed by atoms with Gasteiger partial charge in [-0.25, -0.2) is 0 Å². The third-order valence-corrected chi connectivity index (χ3v) is 3.67. The summed E-state index contributed by atoms with van der Waals surface area (Å²) in [7, 11) is 0. The number of rotatable bonds is 4. The molecule has 2 heteroatoms. The van der Waals surface area contributed by atoms with E-state index in [0.29, 0.717) is 13.0 Å². The molecule has 2 nitrogen and oxygen atoms in total. The molecule has 0 aromatic heterocycles.